The zero-order valence-corrected chi connectivity index (χ0v) is 10.3. The zero-order valence-electron chi connectivity index (χ0n) is 10.3. The topological polar surface area (TPSA) is 58.3 Å². The van der Waals surface area contributed by atoms with E-state index in [0.29, 0.717) is 12.6 Å². The molecule has 0 saturated heterocycles. The van der Waals surface area contributed by atoms with Crippen molar-refractivity contribution in [1.82, 2.24) is 5.32 Å². The molecule has 4 N–H and O–H groups in total. The summed E-state index contributed by atoms with van der Waals surface area (Å²) in [7, 11) is 0. The number of aryl methyl sites for hydroxylation is 1. The highest BCUT2D eigenvalue weighted by Crippen LogP contribution is 2.18. The van der Waals surface area contributed by atoms with Crippen molar-refractivity contribution < 1.29 is 5.11 Å². The van der Waals surface area contributed by atoms with E-state index in [-0.39, 0.29) is 0 Å². The average molecular weight is 222 g/mol. The van der Waals surface area contributed by atoms with E-state index in [9.17, 15) is 5.11 Å². The summed E-state index contributed by atoms with van der Waals surface area (Å²) in [5.41, 5.74) is 8.47. The lowest BCUT2D eigenvalue weighted by molar-refractivity contribution is 0.170. The molecular weight excluding hydrogens is 200 g/mol. The highest BCUT2D eigenvalue weighted by atomic mass is 16.3. The summed E-state index contributed by atoms with van der Waals surface area (Å²) in [5, 5.41) is 13.2. The molecule has 0 aliphatic heterocycles. The van der Waals surface area contributed by atoms with Gasteiger partial charge < -0.3 is 16.2 Å². The van der Waals surface area contributed by atoms with Gasteiger partial charge in [0.25, 0.3) is 0 Å². The molecule has 0 heterocycles. The number of benzene rings is 1. The molecule has 1 aromatic rings. The summed E-state index contributed by atoms with van der Waals surface area (Å²) in [4.78, 5) is 0. The van der Waals surface area contributed by atoms with Crippen LogP contribution in [0.15, 0.2) is 18.2 Å². The van der Waals surface area contributed by atoms with Crippen molar-refractivity contribution in [3.05, 3.63) is 29.3 Å². The van der Waals surface area contributed by atoms with Crippen molar-refractivity contribution >= 4 is 5.69 Å². The maximum absolute atomic E-state index is 9.96. The molecule has 0 amide bonds. The van der Waals surface area contributed by atoms with Crippen LogP contribution < -0.4 is 11.1 Å². The van der Waals surface area contributed by atoms with E-state index < -0.39 is 6.10 Å². The van der Waals surface area contributed by atoms with E-state index in [1.807, 2.05) is 25.1 Å². The lowest BCUT2D eigenvalue weighted by Crippen LogP contribution is -2.29. The molecule has 0 fully saturated rings. The first-order valence-corrected chi connectivity index (χ1v) is 5.82. The van der Waals surface area contributed by atoms with Gasteiger partial charge in [0.1, 0.15) is 0 Å². The molecule has 0 aliphatic carbocycles. The number of rotatable bonds is 5. The SMILES string of the molecule is CCC(C)NCC(O)c1ccc(C)c(N)c1. The Bertz CT molecular complexity index is 339. The van der Waals surface area contributed by atoms with E-state index >= 15 is 0 Å². The molecule has 3 heteroatoms. The van der Waals surface area contributed by atoms with E-state index in [1.54, 1.807) is 0 Å². The minimum atomic E-state index is -0.489. The predicted molar refractivity (Wildman–Crippen MR) is 68.3 cm³/mol. The third-order valence-corrected chi connectivity index (χ3v) is 2.96. The normalized spacial score (nSPS) is 14.8. The van der Waals surface area contributed by atoms with Crippen LogP contribution in [0.4, 0.5) is 5.69 Å². The average Bonchev–Trinajstić information content (AvgIpc) is 2.29. The molecule has 90 valence electrons. The summed E-state index contributed by atoms with van der Waals surface area (Å²) in [6, 6.07) is 6.14. The van der Waals surface area contributed by atoms with Gasteiger partial charge in [-0.05, 0) is 37.5 Å². The van der Waals surface area contributed by atoms with Crippen LogP contribution in [0.2, 0.25) is 0 Å². The van der Waals surface area contributed by atoms with Gasteiger partial charge in [0.15, 0.2) is 0 Å². The van der Waals surface area contributed by atoms with Gasteiger partial charge >= 0.3 is 0 Å². The van der Waals surface area contributed by atoms with Crippen LogP contribution in [0.25, 0.3) is 0 Å². The molecule has 0 aliphatic rings. The fraction of sp³-hybridized carbons (Fsp3) is 0.538. The summed E-state index contributed by atoms with van der Waals surface area (Å²) in [5.74, 6) is 0. The molecule has 2 atom stereocenters. The van der Waals surface area contributed by atoms with Crippen LogP contribution >= 0.6 is 0 Å². The first-order valence-electron chi connectivity index (χ1n) is 5.82. The molecular formula is C13H22N2O. The number of nitrogen functional groups attached to an aromatic ring is 1. The van der Waals surface area contributed by atoms with Gasteiger partial charge in [-0.2, -0.15) is 0 Å². The molecule has 0 bridgehead atoms. The largest absolute Gasteiger partial charge is 0.399 e. The van der Waals surface area contributed by atoms with Crippen LogP contribution in [-0.2, 0) is 0 Å². The molecule has 0 aromatic heterocycles. The Morgan fingerprint density at radius 1 is 1.44 bits per heavy atom. The van der Waals surface area contributed by atoms with Gasteiger partial charge in [0.05, 0.1) is 6.10 Å². The standard InChI is InChI=1S/C13H22N2O/c1-4-10(3)15-8-13(16)11-6-5-9(2)12(14)7-11/h5-7,10,13,15-16H,4,8,14H2,1-3H3. The van der Waals surface area contributed by atoms with Gasteiger partial charge in [0, 0.05) is 18.3 Å². The van der Waals surface area contributed by atoms with Crippen LogP contribution in [0.1, 0.15) is 37.5 Å². The Balaban J connectivity index is 2.59. The second-order valence-electron chi connectivity index (χ2n) is 4.35. The maximum atomic E-state index is 9.96. The Kier molecular flexibility index (Phi) is 4.77. The smallest absolute Gasteiger partial charge is 0.0915 e. The first kappa shape index (κ1) is 13.0. The summed E-state index contributed by atoms with van der Waals surface area (Å²) in [6.07, 6.45) is 0.569. The van der Waals surface area contributed by atoms with Gasteiger partial charge in [-0.3, -0.25) is 0 Å². The molecule has 0 saturated carbocycles. The van der Waals surface area contributed by atoms with Gasteiger partial charge in [-0.15, -0.1) is 0 Å². The number of aliphatic hydroxyl groups is 1. The first-order chi connectivity index (χ1) is 7.54. The maximum Gasteiger partial charge on any atom is 0.0915 e. The fourth-order valence-electron chi connectivity index (χ4n) is 1.44. The van der Waals surface area contributed by atoms with Crippen molar-refractivity contribution in [3.63, 3.8) is 0 Å². The monoisotopic (exact) mass is 222 g/mol. The number of hydrogen-bond acceptors (Lipinski definition) is 3. The van der Waals surface area contributed by atoms with Crippen LogP contribution in [-0.4, -0.2) is 17.7 Å². The Morgan fingerprint density at radius 2 is 2.12 bits per heavy atom. The van der Waals surface area contributed by atoms with E-state index in [4.69, 9.17) is 5.73 Å². The third-order valence-electron chi connectivity index (χ3n) is 2.96. The van der Waals surface area contributed by atoms with Crippen molar-refractivity contribution in [3.8, 4) is 0 Å². The number of hydrogen-bond donors (Lipinski definition) is 3. The van der Waals surface area contributed by atoms with Crippen LogP contribution in [0.5, 0.6) is 0 Å². The molecule has 3 nitrogen and oxygen atoms in total. The molecule has 0 spiro atoms. The lowest BCUT2D eigenvalue weighted by atomic mass is 10.1. The van der Waals surface area contributed by atoms with Gasteiger partial charge in [-0.25, -0.2) is 0 Å². The van der Waals surface area contributed by atoms with E-state index in [0.717, 1.165) is 23.2 Å². The molecule has 0 radical (unpaired) electrons. The number of nitrogens with two attached hydrogens (primary N) is 1. The molecule has 1 rings (SSSR count). The molecule has 1 aromatic carbocycles. The van der Waals surface area contributed by atoms with E-state index in [1.165, 1.54) is 0 Å². The van der Waals surface area contributed by atoms with Gasteiger partial charge in [0.2, 0.25) is 0 Å². The van der Waals surface area contributed by atoms with Crippen LogP contribution in [0.3, 0.4) is 0 Å². The highest BCUT2D eigenvalue weighted by molar-refractivity contribution is 5.48. The Labute approximate surface area is 97.7 Å². The van der Waals surface area contributed by atoms with Crippen molar-refractivity contribution in [2.75, 3.05) is 12.3 Å². The summed E-state index contributed by atoms with van der Waals surface area (Å²) in [6.45, 7) is 6.75. The number of anilines is 1. The Hall–Kier alpha value is -1.06. The zero-order chi connectivity index (χ0) is 12.1. The Morgan fingerprint density at radius 3 is 2.69 bits per heavy atom. The van der Waals surface area contributed by atoms with Crippen LogP contribution in [0, 0.1) is 6.92 Å². The molecule has 2 unspecified atom stereocenters. The fourth-order valence-corrected chi connectivity index (χ4v) is 1.44. The quantitative estimate of drug-likeness (QED) is 0.668. The third kappa shape index (κ3) is 3.51. The second kappa shape index (κ2) is 5.87. The number of nitrogens with one attached hydrogen (secondary N) is 1. The predicted octanol–water partition coefficient (Wildman–Crippen LogP) is 2.00. The summed E-state index contributed by atoms with van der Waals surface area (Å²) >= 11 is 0. The van der Waals surface area contributed by atoms with Crippen molar-refractivity contribution in [2.24, 2.45) is 0 Å². The molecule has 16 heavy (non-hydrogen) atoms. The number of aliphatic hydroxyl groups excluding tert-OH is 1. The van der Waals surface area contributed by atoms with Crippen molar-refractivity contribution in [1.29, 1.82) is 0 Å². The minimum Gasteiger partial charge on any atom is -0.399 e. The second-order valence-corrected chi connectivity index (χ2v) is 4.35. The van der Waals surface area contributed by atoms with E-state index in [2.05, 4.69) is 19.2 Å². The lowest BCUT2D eigenvalue weighted by Gasteiger charge is -2.16. The highest BCUT2D eigenvalue weighted by Gasteiger charge is 2.09. The van der Waals surface area contributed by atoms with Gasteiger partial charge in [-0.1, -0.05) is 19.1 Å². The van der Waals surface area contributed by atoms with Crippen molar-refractivity contribution in [2.45, 2.75) is 39.3 Å². The minimum absolute atomic E-state index is 0.428. The summed E-state index contributed by atoms with van der Waals surface area (Å²) < 4.78 is 0.